The van der Waals surface area contributed by atoms with Gasteiger partial charge in [0.15, 0.2) is 5.78 Å². The van der Waals surface area contributed by atoms with Crippen molar-refractivity contribution < 1.29 is 19.1 Å². The number of esters is 1. The van der Waals surface area contributed by atoms with Crippen LogP contribution in [0.15, 0.2) is 71.1 Å². The van der Waals surface area contributed by atoms with Crippen LogP contribution in [-0.2, 0) is 14.3 Å². The van der Waals surface area contributed by atoms with Crippen LogP contribution in [0.2, 0.25) is 5.02 Å². The molecule has 0 spiro atoms. The lowest BCUT2D eigenvalue weighted by Gasteiger charge is -2.37. The number of ketones is 1. The SMILES string of the molecule is COc1ccc([C@@H]2CC(=O)C3=C(C2)NC(C)=C(C(=O)OC2CCCC2)[C@H]3c2ccc(Cl)cc2)cc1. The van der Waals surface area contributed by atoms with E-state index in [1.54, 1.807) is 7.11 Å². The van der Waals surface area contributed by atoms with E-state index < -0.39 is 5.92 Å². The second kappa shape index (κ2) is 9.90. The molecule has 182 valence electrons. The van der Waals surface area contributed by atoms with Gasteiger partial charge in [-0.1, -0.05) is 35.9 Å². The van der Waals surface area contributed by atoms with Crippen molar-refractivity contribution in [3.05, 3.63) is 87.2 Å². The number of dihydropyridines is 1. The fourth-order valence-corrected chi connectivity index (χ4v) is 5.76. The molecule has 2 aromatic carbocycles. The number of ether oxygens (including phenoxy) is 2. The fourth-order valence-electron chi connectivity index (χ4n) is 5.63. The molecular weight excluding hydrogens is 462 g/mol. The van der Waals surface area contributed by atoms with Crippen molar-refractivity contribution in [2.24, 2.45) is 0 Å². The third-order valence-electron chi connectivity index (χ3n) is 7.41. The van der Waals surface area contributed by atoms with Gasteiger partial charge >= 0.3 is 5.97 Å². The summed E-state index contributed by atoms with van der Waals surface area (Å²) in [7, 11) is 1.64. The Labute approximate surface area is 211 Å². The molecule has 0 radical (unpaired) electrons. The van der Waals surface area contributed by atoms with E-state index in [4.69, 9.17) is 21.1 Å². The second-order valence-corrected chi connectivity index (χ2v) is 10.1. The van der Waals surface area contributed by atoms with Crippen molar-refractivity contribution in [1.29, 1.82) is 0 Å². The molecule has 5 rings (SSSR count). The Kier molecular flexibility index (Phi) is 6.70. The Bertz CT molecular complexity index is 1190. The summed E-state index contributed by atoms with van der Waals surface area (Å²) in [5, 5.41) is 4.04. The molecule has 3 aliphatic rings. The van der Waals surface area contributed by atoms with Gasteiger partial charge in [-0.15, -0.1) is 0 Å². The van der Waals surface area contributed by atoms with E-state index >= 15 is 0 Å². The molecule has 1 N–H and O–H groups in total. The number of hydrogen-bond acceptors (Lipinski definition) is 5. The maximum atomic E-state index is 13.7. The Morgan fingerprint density at radius 3 is 2.29 bits per heavy atom. The first-order chi connectivity index (χ1) is 16.9. The number of halogens is 1. The number of nitrogens with one attached hydrogen (secondary N) is 1. The number of hydrogen-bond donors (Lipinski definition) is 1. The lowest BCUT2D eigenvalue weighted by atomic mass is 9.71. The zero-order chi connectivity index (χ0) is 24.5. The Hall–Kier alpha value is -3.05. The highest BCUT2D eigenvalue weighted by Crippen LogP contribution is 2.46. The third-order valence-corrected chi connectivity index (χ3v) is 7.67. The molecule has 35 heavy (non-hydrogen) atoms. The quantitative estimate of drug-likeness (QED) is 0.505. The van der Waals surface area contributed by atoms with Crippen LogP contribution in [0.4, 0.5) is 0 Å². The Morgan fingerprint density at radius 1 is 0.971 bits per heavy atom. The van der Waals surface area contributed by atoms with E-state index in [1.165, 1.54) is 0 Å². The molecule has 0 amide bonds. The monoisotopic (exact) mass is 491 g/mol. The number of methoxy groups -OCH3 is 1. The van der Waals surface area contributed by atoms with E-state index in [2.05, 4.69) is 5.32 Å². The Balaban J connectivity index is 1.51. The lowest BCUT2D eigenvalue weighted by Crippen LogP contribution is -2.36. The van der Waals surface area contributed by atoms with E-state index in [0.29, 0.717) is 29.0 Å². The second-order valence-electron chi connectivity index (χ2n) is 9.65. The lowest BCUT2D eigenvalue weighted by molar-refractivity contribution is -0.144. The van der Waals surface area contributed by atoms with Crippen LogP contribution in [0.3, 0.4) is 0 Å². The van der Waals surface area contributed by atoms with Gasteiger partial charge in [-0.25, -0.2) is 4.79 Å². The molecule has 2 aromatic rings. The molecule has 6 heteroatoms. The van der Waals surface area contributed by atoms with Crippen molar-refractivity contribution in [3.8, 4) is 5.75 Å². The number of rotatable bonds is 5. The highest BCUT2D eigenvalue weighted by molar-refractivity contribution is 6.30. The first kappa shape index (κ1) is 23.7. The molecule has 0 bridgehead atoms. The minimum absolute atomic E-state index is 0.0504. The summed E-state index contributed by atoms with van der Waals surface area (Å²) in [5.74, 6) is 0.0993. The summed E-state index contributed by atoms with van der Waals surface area (Å²) in [4.78, 5) is 27.1. The van der Waals surface area contributed by atoms with E-state index in [1.807, 2.05) is 55.5 Å². The van der Waals surface area contributed by atoms with Crippen LogP contribution < -0.4 is 10.1 Å². The summed E-state index contributed by atoms with van der Waals surface area (Å²) in [6.45, 7) is 1.90. The van der Waals surface area contributed by atoms with E-state index in [0.717, 1.165) is 54.0 Å². The molecule has 0 saturated heterocycles. The first-order valence-corrected chi connectivity index (χ1v) is 12.7. The van der Waals surface area contributed by atoms with E-state index in [-0.39, 0.29) is 23.8 Å². The molecule has 1 aliphatic heterocycles. The normalized spacial score (nSPS) is 22.7. The number of allylic oxidation sites excluding steroid dienone is 3. The summed E-state index contributed by atoms with van der Waals surface area (Å²) in [6, 6.07) is 15.3. The smallest absolute Gasteiger partial charge is 0.337 e. The average molecular weight is 492 g/mol. The zero-order valence-corrected chi connectivity index (χ0v) is 20.9. The van der Waals surface area contributed by atoms with Crippen LogP contribution in [0.25, 0.3) is 0 Å². The molecule has 2 atom stereocenters. The first-order valence-electron chi connectivity index (χ1n) is 12.3. The van der Waals surface area contributed by atoms with Crippen molar-refractivity contribution in [1.82, 2.24) is 5.32 Å². The van der Waals surface area contributed by atoms with Gasteiger partial charge < -0.3 is 14.8 Å². The molecule has 2 aliphatic carbocycles. The summed E-state index contributed by atoms with van der Waals surface area (Å²) in [5.41, 5.74) is 4.79. The molecular formula is C29H30ClNO4. The van der Waals surface area contributed by atoms with Crippen LogP contribution in [0, 0.1) is 0 Å². The van der Waals surface area contributed by atoms with Crippen molar-refractivity contribution in [2.45, 2.75) is 63.4 Å². The van der Waals surface area contributed by atoms with Gasteiger partial charge in [-0.2, -0.15) is 0 Å². The minimum Gasteiger partial charge on any atom is -0.497 e. The van der Waals surface area contributed by atoms with Gasteiger partial charge in [-0.3, -0.25) is 4.79 Å². The largest absolute Gasteiger partial charge is 0.497 e. The van der Waals surface area contributed by atoms with Gasteiger partial charge in [0.1, 0.15) is 11.9 Å². The molecule has 0 unspecified atom stereocenters. The number of Topliss-reactive ketones (excluding diaryl/α,β-unsaturated/α-hetero) is 1. The summed E-state index contributed by atoms with van der Waals surface area (Å²) < 4.78 is 11.2. The van der Waals surface area contributed by atoms with Gasteiger partial charge in [0.05, 0.1) is 12.7 Å². The maximum Gasteiger partial charge on any atom is 0.337 e. The van der Waals surface area contributed by atoms with Gasteiger partial charge in [-0.05, 0) is 80.3 Å². The van der Waals surface area contributed by atoms with Gasteiger partial charge in [0.2, 0.25) is 0 Å². The standard InChI is InChI=1S/C29H30ClNO4/c1-17-26(29(33)35-23-5-3-4-6-23)27(19-7-11-21(30)12-8-19)28-24(31-17)15-20(16-25(28)32)18-9-13-22(34-2)14-10-18/h7-14,20,23,27,31H,3-6,15-16H2,1-2H3/t20-,27+/m0/s1. The van der Waals surface area contributed by atoms with Crippen LogP contribution in [-0.4, -0.2) is 25.0 Å². The fraction of sp³-hybridized carbons (Fsp3) is 0.379. The average Bonchev–Trinajstić information content (AvgIpc) is 3.36. The van der Waals surface area contributed by atoms with Crippen LogP contribution in [0.5, 0.6) is 5.75 Å². The maximum absolute atomic E-state index is 13.7. The topological polar surface area (TPSA) is 64.6 Å². The van der Waals surface area contributed by atoms with E-state index in [9.17, 15) is 9.59 Å². The molecule has 0 aromatic heterocycles. The predicted molar refractivity (Wildman–Crippen MR) is 135 cm³/mol. The highest BCUT2D eigenvalue weighted by atomic mass is 35.5. The van der Waals surface area contributed by atoms with Crippen molar-refractivity contribution >= 4 is 23.4 Å². The Morgan fingerprint density at radius 2 is 1.63 bits per heavy atom. The number of benzene rings is 2. The third kappa shape index (κ3) is 4.74. The van der Waals surface area contributed by atoms with Crippen molar-refractivity contribution in [2.75, 3.05) is 7.11 Å². The number of carbonyl (C=O) groups excluding carboxylic acids is 2. The zero-order valence-electron chi connectivity index (χ0n) is 20.1. The molecule has 1 saturated carbocycles. The van der Waals surface area contributed by atoms with Gasteiger partial charge in [0.25, 0.3) is 0 Å². The van der Waals surface area contributed by atoms with Gasteiger partial charge in [0, 0.05) is 34.3 Å². The molecule has 5 nitrogen and oxygen atoms in total. The highest BCUT2D eigenvalue weighted by Gasteiger charge is 2.42. The minimum atomic E-state index is -0.471. The summed E-state index contributed by atoms with van der Waals surface area (Å²) in [6.07, 6.45) is 4.98. The summed E-state index contributed by atoms with van der Waals surface area (Å²) >= 11 is 6.16. The number of carbonyl (C=O) groups is 2. The van der Waals surface area contributed by atoms with Crippen LogP contribution >= 0.6 is 11.6 Å². The molecule has 1 heterocycles. The molecule has 1 fully saturated rings. The van der Waals surface area contributed by atoms with Crippen LogP contribution in [0.1, 0.15) is 68.4 Å². The predicted octanol–water partition coefficient (Wildman–Crippen LogP) is 6.20. The van der Waals surface area contributed by atoms with Crippen molar-refractivity contribution in [3.63, 3.8) is 0 Å².